The van der Waals surface area contributed by atoms with Gasteiger partial charge in [0.05, 0.1) is 16.6 Å². The van der Waals surface area contributed by atoms with Gasteiger partial charge in [0, 0.05) is 4.90 Å². The van der Waals surface area contributed by atoms with E-state index in [4.69, 9.17) is 23.4 Å². The fraction of sp³-hybridized carbons (Fsp3) is 0.0500. The standard InChI is InChI=1S/C20H16ClOPS2/c1-25-18-14-8-13-17(21)19(18)20(22)23(24,15-9-4-2-5-10-15)16-11-6-3-7-12-16/h2-14H,1H3. The molecule has 0 saturated heterocycles. The van der Waals surface area contributed by atoms with E-state index in [0.29, 0.717) is 10.6 Å². The molecule has 0 heterocycles. The quantitative estimate of drug-likeness (QED) is 0.424. The zero-order valence-electron chi connectivity index (χ0n) is 13.6. The normalized spacial score (nSPS) is 11.3. The van der Waals surface area contributed by atoms with Gasteiger partial charge in [-0.2, -0.15) is 0 Å². The molecule has 0 fully saturated rings. The average molecular weight is 403 g/mol. The Hall–Kier alpha value is -1.38. The zero-order chi connectivity index (χ0) is 17.9. The molecule has 0 atom stereocenters. The van der Waals surface area contributed by atoms with Crippen LogP contribution in [0.2, 0.25) is 5.02 Å². The van der Waals surface area contributed by atoms with E-state index in [2.05, 4.69) is 0 Å². The predicted octanol–water partition coefficient (Wildman–Crippen LogP) is 5.33. The van der Waals surface area contributed by atoms with Gasteiger partial charge in [0.2, 0.25) is 5.52 Å². The summed E-state index contributed by atoms with van der Waals surface area (Å²) in [7, 11) is 0. The van der Waals surface area contributed by atoms with Crippen LogP contribution in [0.3, 0.4) is 0 Å². The highest BCUT2D eigenvalue weighted by Crippen LogP contribution is 2.49. The lowest BCUT2D eigenvalue weighted by Gasteiger charge is -2.23. The highest BCUT2D eigenvalue weighted by molar-refractivity contribution is 8.30. The molecule has 0 bridgehead atoms. The highest BCUT2D eigenvalue weighted by atomic mass is 35.5. The summed E-state index contributed by atoms with van der Waals surface area (Å²) < 4.78 is 0. The van der Waals surface area contributed by atoms with Crippen molar-refractivity contribution in [1.29, 1.82) is 0 Å². The van der Waals surface area contributed by atoms with Crippen molar-refractivity contribution in [2.45, 2.75) is 4.90 Å². The van der Waals surface area contributed by atoms with Crippen molar-refractivity contribution in [3.05, 3.63) is 89.4 Å². The van der Waals surface area contributed by atoms with Crippen LogP contribution in [-0.2, 0) is 11.8 Å². The van der Waals surface area contributed by atoms with Crippen LogP contribution < -0.4 is 10.6 Å². The Labute approximate surface area is 162 Å². The van der Waals surface area contributed by atoms with Gasteiger partial charge < -0.3 is 0 Å². The summed E-state index contributed by atoms with van der Waals surface area (Å²) in [5, 5.41) is 2.22. The Morgan fingerprint density at radius 3 is 1.88 bits per heavy atom. The van der Waals surface area contributed by atoms with Gasteiger partial charge in [-0.15, -0.1) is 11.8 Å². The topological polar surface area (TPSA) is 17.1 Å². The lowest BCUT2D eigenvalue weighted by molar-refractivity contribution is 0.108. The van der Waals surface area contributed by atoms with Crippen molar-refractivity contribution < 1.29 is 4.79 Å². The van der Waals surface area contributed by atoms with E-state index in [1.807, 2.05) is 79.1 Å². The van der Waals surface area contributed by atoms with E-state index in [1.54, 1.807) is 6.07 Å². The van der Waals surface area contributed by atoms with Crippen molar-refractivity contribution in [1.82, 2.24) is 0 Å². The molecule has 3 rings (SSSR count). The van der Waals surface area contributed by atoms with Crippen molar-refractivity contribution in [3.8, 4) is 0 Å². The fourth-order valence-electron chi connectivity index (χ4n) is 2.70. The number of halogens is 1. The third-order valence-corrected chi connectivity index (χ3v) is 9.64. The molecule has 3 aromatic rings. The molecular formula is C20H16ClOPS2. The van der Waals surface area contributed by atoms with Gasteiger partial charge in [-0.1, -0.05) is 90.1 Å². The maximum atomic E-state index is 13.7. The van der Waals surface area contributed by atoms with Gasteiger partial charge in [0.15, 0.2) is 0 Å². The molecule has 0 amide bonds. The van der Waals surface area contributed by atoms with E-state index in [-0.39, 0.29) is 5.52 Å². The molecule has 0 unspecified atom stereocenters. The maximum Gasteiger partial charge on any atom is 0.205 e. The molecule has 0 aromatic heterocycles. The second kappa shape index (κ2) is 7.88. The number of hydrogen-bond donors (Lipinski definition) is 0. The minimum Gasteiger partial charge on any atom is -0.287 e. The van der Waals surface area contributed by atoms with Crippen molar-refractivity contribution in [2.24, 2.45) is 0 Å². The van der Waals surface area contributed by atoms with Gasteiger partial charge in [0.1, 0.15) is 0 Å². The van der Waals surface area contributed by atoms with Crippen LogP contribution in [0.1, 0.15) is 10.4 Å². The molecule has 3 aromatic carbocycles. The van der Waals surface area contributed by atoms with Crippen LogP contribution in [-0.4, -0.2) is 11.8 Å². The molecule has 5 heteroatoms. The van der Waals surface area contributed by atoms with E-state index in [9.17, 15) is 4.79 Å². The molecule has 0 aliphatic heterocycles. The second-order valence-electron chi connectivity index (χ2n) is 5.40. The zero-order valence-corrected chi connectivity index (χ0v) is 16.8. The predicted molar refractivity (Wildman–Crippen MR) is 114 cm³/mol. The van der Waals surface area contributed by atoms with E-state index < -0.39 is 6.04 Å². The average Bonchev–Trinajstić information content (AvgIpc) is 2.68. The number of carbonyl (C=O) groups is 1. The molecular weight excluding hydrogens is 387 g/mol. The van der Waals surface area contributed by atoms with E-state index in [0.717, 1.165) is 15.5 Å². The Balaban J connectivity index is 2.28. The number of hydrogen-bond acceptors (Lipinski definition) is 3. The van der Waals surface area contributed by atoms with Gasteiger partial charge in [-0.25, -0.2) is 0 Å². The first-order valence-corrected chi connectivity index (χ1v) is 12.1. The van der Waals surface area contributed by atoms with E-state index in [1.165, 1.54) is 11.8 Å². The first-order chi connectivity index (χ1) is 12.1. The van der Waals surface area contributed by atoms with Crippen molar-refractivity contribution >= 4 is 57.3 Å². The first kappa shape index (κ1) is 18.4. The molecule has 0 spiro atoms. The number of rotatable bonds is 5. The van der Waals surface area contributed by atoms with Crippen molar-refractivity contribution in [2.75, 3.05) is 6.26 Å². The first-order valence-electron chi connectivity index (χ1n) is 7.67. The smallest absolute Gasteiger partial charge is 0.205 e. The van der Waals surface area contributed by atoms with Gasteiger partial charge >= 0.3 is 0 Å². The highest BCUT2D eigenvalue weighted by Gasteiger charge is 2.34. The molecule has 1 nitrogen and oxygen atoms in total. The molecule has 0 aliphatic carbocycles. The maximum absolute atomic E-state index is 13.7. The van der Waals surface area contributed by atoms with Gasteiger partial charge in [-0.05, 0) is 29.0 Å². The Morgan fingerprint density at radius 1 is 0.880 bits per heavy atom. The summed E-state index contributed by atoms with van der Waals surface area (Å²) in [4.78, 5) is 14.6. The monoisotopic (exact) mass is 402 g/mol. The molecule has 0 saturated carbocycles. The summed E-state index contributed by atoms with van der Waals surface area (Å²) in [6.45, 7) is 0. The summed E-state index contributed by atoms with van der Waals surface area (Å²) in [5.74, 6) is 0. The van der Waals surface area contributed by atoms with Gasteiger partial charge in [0.25, 0.3) is 0 Å². The molecule has 25 heavy (non-hydrogen) atoms. The third-order valence-electron chi connectivity index (χ3n) is 3.93. The molecule has 126 valence electrons. The summed E-state index contributed by atoms with van der Waals surface area (Å²) in [5.41, 5.74) is 0.475. The van der Waals surface area contributed by atoms with Crippen LogP contribution in [0.5, 0.6) is 0 Å². The minimum absolute atomic E-state index is 0.0603. The van der Waals surface area contributed by atoms with Crippen LogP contribution in [0.25, 0.3) is 0 Å². The molecule has 0 N–H and O–H groups in total. The summed E-state index contributed by atoms with van der Waals surface area (Å²) in [6.07, 6.45) is 1.94. The van der Waals surface area contributed by atoms with E-state index >= 15 is 0 Å². The lowest BCUT2D eigenvalue weighted by Crippen LogP contribution is -2.23. The largest absolute Gasteiger partial charge is 0.287 e. The Morgan fingerprint density at radius 2 is 1.40 bits per heavy atom. The van der Waals surface area contributed by atoms with Crippen LogP contribution in [0.4, 0.5) is 0 Å². The minimum atomic E-state index is -2.71. The Bertz CT molecular complexity index is 899. The van der Waals surface area contributed by atoms with Gasteiger partial charge in [-0.3, -0.25) is 4.79 Å². The fourth-order valence-corrected chi connectivity index (χ4v) is 7.29. The summed E-state index contributed by atoms with van der Waals surface area (Å²) in [6, 6.07) is 22.2. The second-order valence-corrected chi connectivity index (χ2v) is 11.0. The number of thioether (sulfide) groups is 1. The SMILES string of the molecule is CSc1cccc(Cl)c1C(=O)P(=S)(c1ccccc1)c1ccccc1. The van der Waals surface area contributed by atoms with Crippen LogP contribution in [0.15, 0.2) is 83.8 Å². The van der Waals surface area contributed by atoms with Crippen LogP contribution >= 0.6 is 29.4 Å². The molecule has 0 aliphatic rings. The van der Waals surface area contributed by atoms with Crippen molar-refractivity contribution in [3.63, 3.8) is 0 Å². The third kappa shape index (κ3) is 3.47. The lowest BCUT2D eigenvalue weighted by atomic mass is 10.2. The molecule has 0 radical (unpaired) electrons. The Kier molecular flexibility index (Phi) is 5.81. The number of benzene rings is 3. The summed E-state index contributed by atoms with van der Waals surface area (Å²) >= 11 is 14.0. The van der Waals surface area contributed by atoms with Crippen LogP contribution in [0, 0.1) is 0 Å². The number of carbonyl (C=O) groups excluding carboxylic acids is 1.